The van der Waals surface area contributed by atoms with Crippen LogP contribution in [0.15, 0.2) is 53.2 Å². The molecule has 0 radical (unpaired) electrons. The van der Waals surface area contributed by atoms with E-state index in [9.17, 15) is 9.59 Å². The molecule has 2 N–H and O–H groups in total. The zero-order valence-electron chi connectivity index (χ0n) is 21.5. The van der Waals surface area contributed by atoms with Crippen molar-refractivity contribution in [3.8, 4) is 0 Å². The van der Waals surface area contributed by atoms with Crippen molar-refractivity contribution < 1.29 is 14.1 Å². The normalized spacial score (nSPS) is 15.0. The smallest absolute Gasteiger partial charge is 0.274 e. The van der Waals surface area contributed by atoms with Crippen LogP contribution in [0.3, 0.4) is 0 Å². The topological polar surface area (TPSA) is 100 Å². The monoisotopic (exact) mass is 489 g/mol. The van der Waals surface area contributed by atoms with Crippen molar-refractivity contribution in [2.24, 2.45) is 5.92 Å². The van der Waals surface area contributed by atoms with Gasteiger partial charge in [0.15, 0.2) is 5.82 Å². The van der Waals surface area contributed by atoms with Crippen molar-refractivity contribution in [3.63, 3.8) is 0 Å². The molecule has 2 amide bonds. The molecule has 0 unspecified atom stereocenters. The molecule has 4 rings (SSSR count). The molecule has 1 aliphatic rings. The zero-order chi connectivity index (χ0) is 25.7. The second-order valence-electron chi connectivity index (χ2n) is 10.7. The number of nitrogens with one attached hydrogen (secondary N) is 2. The molecule has 1 fully saturated rings. The van der Waals surface area contributed by atoms with Crippen LogP contribution in [0.25, 0.3) is 0 Å². The molecule has 0 aliphatic carbocycles. The summed E-state index contributed by atoms with van der Waals surface area (Å²) in [5.41, 5.74) is 2.84. The molecular weight excluding hydrogens is 454 g/mol. The van der Waals surface area contributed by atoms with Crippen LogP contribution >= 0.6 is 0 Å². The lowest BCUT2D eigenvalue weighted by molar-refractivity contribution is -0.115. The van der Waals surface area contributed by atoms with E-state index in [1.54, 1.807) is 24.3 Å². The number of nitrogens with zero attached hydrogens (tertiary/aromatic N) is 3. The first-order chi connectivity index (χ1) is 17.2. The molecule has 8 heteroatoms. The SMILES string of the molecule is CN1CCC(Cc2ccc(C(=O)Nc3ccc(CC(=O)Nc4cc(C(C)(C)C)on4)cc3)nc2)CC1. The molecule has 1 aliphatic heterocycles. The lowest BCUT2D eigenvalue weighted by atomic mass is 9.91. The highest BCUT2D eigenvalue weighted by atomic mass is 16.5. The van der Waals surface area contributed by atoms with Crippen LogP contribution in [0.1, 0.15) is 61.0 Å². The number of benzene rings is 1. The van der Waals surface area contributed by atoms with E-state index in [0.717, 1.165) is 25.1 Å². The molecule has 2 aromatic heterocycles. The van der Waals surface area contributed by atoms with Crippen molar-refractivity contribution in [2.45, 2.75) is 51.9 Å². The maximum Gasteiger partial charge on any atom is 0.274 e. The van der Waals surface area contributed by atoms with Gasteiger partial charge in [0, 0.05) is 23.4 Å². The maximum atomic E-state index is 12.6. The summed E-state index contributed by atoms with van der Waals surface area (Å²) < 4.78 is 5.30. The van der Waals surface area contributed by atoms with Crippen LogP contribution in [0.2, 0.25) is 0 Å². The predicted molar refractivity (Wildman–Crippen MR) is 140 cm³/mol. The standard InChI is InChI=1S/C28H35N5O3/c1-28(2,3)24-17-25(32-36-24)31-26(34)16-19-5-8-22(9-6-19)30-27(35)23-10-7-21(18-29-23)15-20-11-13-33(4)14-12-20/h5-10,17-18,20H,11-16H2,1-4H3,(H,30,35)(H,31,32,34). The van der Waals surface area contributed by atoms with Crippen LogP contribution < -0.4 is 10.6 Å². The fraction of sp³-hybridized carbons (Fsp3) is 0.429. The van der Waals surface area contributed by atoms with Gasteiger partial charge in [0.1, 0.15) is 11.5 Å². The Morgan fingerprint density at radius 1 is 1.03 bits per heavy atom. The van der Waals surface area contributed by atoms with Gasteiger partial charge in [-0.25, -0.2) is 0 Å². The molecule has 0 atom stereocenters. The first-order valence-corrected chi connectivity index (χ1v) is 12.5. The predicted octanol–water partition coefficient (Wildman–Crippen LogP) is 4.68. The Bertz CT molecular complexity index is 1170. The highest BCUT2D eigenvalue weighted by Crippen LogP contribution is 2.24. The van der Waals surface area contributed by atoms with Crippen molar-refractivity contribution >= 4 is 23.3 Å². The first-order valence-electron chi connectivity index (χ1n) is 12.5. The second-order valence-corrected chi connectivity index (χ2v) is 10.7. The Kier molecular flexibility index (Phi) is 7.84. The molecule has 0 bridgehead atoms. The molecule has 1 saturated heterocycles. The number of hydrogen-bond donors (Lipinski definition) is 2. The molecule has 190 valence electrons. The molecule has 0 spiro atoms. The molecule has 8 nitrogen and oxygen atoms in total. The number of amides is 2. The Hall–Kier alpha value is -3.52. The van der Waals surface area contributed by atoms with Crippen molar-refractivity contribution in [2.75, 3.05) is 30.8 Å². The number of carbonyl (C=O) groups excluding carboxylic acids is 2. The summed E-state index contributed by atoms with van der Waals surface area (Å²) in [5.74, 6) is 1.34. The highest BCUT2D eigenvalue weighted by Gasteiger charge is 2.20. The number of carbonyl (C=O) groups is 2. The summed E-state index contributed by atoms with van der Waals surface area (Å²) in [6.45, 7) is 8.33. The van der Waals surface area contributed by atoms with Crippen LogP contribution in [0, 0.1) is 5.92 Å². The molecule has 36 heavy (non-hydrogen) atoms. The van der Waals surface area contributed by atoms with Gasteiger partial charge in [-0.1, -0.05) is 44.1 Å². The Morgan fingerprint density at radius 2 is 1.72 bits per heavy atom. The maximum absolute atomic E-state index is 12.6. The van der Waals surface area contributed by atoms with Crippen molar-refractivity contribution in [1.82, 2.24) is 15.0 Å². The largest absolute Gasteiger partial charge is 0.359 e. The first kappa shape index (κ1) is 25.6. The van der Waals surface area contributed by atoms with E-state index in [1.165, 1.54) is 18.4 Å². The lowest BCUT2D eigenvalue weighted by Gasteiger charge is -2.28. The van der Waals surface area contributed by atoms with Crippen LogP contribution in [0.5, 0.6) is 0 Å². The lowest BCUT2D eigenvalue weighted by Crippen LogP contribution is -2.30. The van der Waals surface area contributed by atoms with E-state index in [4.69, 9.17) is 4.52 Å². The summed E-state index contributed by atoms with van der Waals surface area (Å²) in [7, 11) is 2.16. The van der Waals surface area contributed by atoms with Gasteiger partial charge in [-0.15, -0.1) is 0 Å². The third kappa shape index (κ3) is 7.01. The summed E-state index contributed by atoms with van der Waals surface area (Å²) >= 11 is 0. The van der Waals surface area contributed by atoms with Crippen LogP contribution in [0.4, 0.5) is 11.5 Å². The highest BCUT2D eigenvalue weighted by molar-refractivity contribution is 6.02. The fourth-order valence-electron chi connectivity index (χ4n) is 4.24. The zero-order valence-corrected chi connectivity index (χ0v) is 21.5. The molecular formula is C28H35N5O3. The molecule has 3 aromatic rings. The minimum atomic E-state index is -0.257. The number of likely N-dealkylation sites (tertiary alicyclic amines) is 1. The van der Waals surface area contributed by atoms with Gasteiger partial charge in [0.05, 0.1) is 6.42 Å². The minimum absolute atomic E-state index is 0.180. The van der Waals surface area contributed by atoms with E-state index in [1.807, 2.05) is 45.2 Å². The van der Waals surface area contributed by atoms with E-state index in [0.29, 0.717) is 28.9 Å². The van der Waals surface area contributed by atoms with Crippen LogP contribution in [-0.2, 0) is 23.1 Å². The molecule has 1 aromatic carbocycles. The Labute approximate surface area is 212 Å². The summed E-state index contributed by atoms with van der Waals surface area (Å²) in [6, 6.07) is 12.7. The van der Waals surface area contributed by atoms with E-state index >= 15 is 0 Å². The average molecular weight is 490 g/mol. The molecule has 0 saturated carbocycles. The van der Waals surface area contributed by atoms with Gasteiger partial charge >= 0.3 is 0 Å². The number of anilines is 2. The van der Waals surface area contributed by atoms with Crippen molar-refractivity contribution in [1.29, 1.82) is 0 Å². The van der Waals surface area contributed by atoms with Gasteiger partial charge in [0.25, 0.3) is 5.91 Å². The summed E-state index contributed by atoms with van der Waals surface area (Å²) in [6.07, 6.45) is 5.41. The van der Waals surface area contributed by atoms with Crippen LogP contribution in [-0.4, -0.2) is 47.0 Å². The van der Waals surface area contributed by atoms with Gasteiger partial charge in [-0.05, 0) is 74.6 Å². The minimum Gasteiger partial charge on any atom is -0.359 e. The number of pyridine rings is 1. The van der Waals surface area contributed by atoms with Gasteiger partial charge < -0.3 is 20.1 Å². The van der Waals surface area contributed by atoms with E-state index in [-0.39, 0.29) is 23.7 Å². The number of rotatable bonds is 7. The number of hydrogen-bond acceptors (Lipinski definition) is 6. The Morgan fingerprint density at radius 3 is 2.33 bits per heavy atom. The summed E-state index contributed by atoms with van der Waals surface area (Å²) in [5, 5.41) is 9.55. The van der Waals surface area contributed by atoms with Gasteiger partial charge in [0.2, 0.25) is 5.91 Å². The summed E-state index contributed by atoms with van der Waals surface area (Å²) in [4.78, 5) is 31.8. The van der Waals surface area contributed by atoms with E-state index < -0.39 is 0 Å². The fourth-order valence-corrected chi connectivity index (χ4v) is 4.24. The quantitative estimate of drug-likeness (QED) is 0.500. The third-order valence-corrected chi connectivity index (χ3v) is 6.51. The van der Waals surface area contributed by atoms with Gasteiger partial charge in [-0.3, -0.25) is 14.6 Å². The van der Waals surface area contributed by atoms with Gasteiger partial charge in [-0.2, -0.15) is 0 Å². The third-order valence-electron chi connectivity index (χ3n) is 6.51. The molecule has 3 heterocycles. The second kappa shape index (κ2) is 11.0. The number of aromatic nitrogens is 2. The average Bonchev–Trinajstić information content (AvgIpc) is 3.31. The Balaban J connectivity index is 1.26. The van der Waals surface area contributed by atoms with E-state index in [2.05, 4.69) is 32.7 Å². The van der Waals surface area contributed by atoms with Crippen molar-refractivity contribution in [3.05, 3.63) is 71.2 Å². The number of piperidine rings is 1.